The third-order valence-electron chi connectivity index (χ3n) is 3.70. The van der Waals surface area contributed by atoms with Gasteiger partial charge in [0.1, 0.15) is 0 Å². The summed E-state index contributed by atoms with van der Waals surface area (Å²) in [5, 5.41) is 0. The number of carbonyl (C=O) groups is 1. The second-order valence-electron chi connectivity index (χ2n) is 4.80. The molecule has 0 aromatic heterocycles. The lowest BCUT2D eigenvalue weighted by Gasteiger charge is -2.33. The van der Waals surface area contributed by atoms with Crippen molar-refractivity contribution in [3.63, 3.8) is 0 Å². The van der Waals surface area contributed by atoms with E-state index in [-0.39, 0.29) is 5.91 Å². The van der Waals surface area contributed by atoms with Gasteiger partial charge in [-0.05, 0) is 18.4 Å². The SMILES string of the molecule is CCC(CC)(C(=O)N(C)Cc1ccccc1)C(N)=S. The first-order valence-corrected chi connectivity index (χ1v) is 6.98. The van der Waals surface area contributed by atoms with Crippen LogP contribution in [0.4, 0.5) is 0 Å². The van der Waals surface area contributed by atoms with Crippen LogP contribution in [0.1, 0.15) is 32.3 Å². The molecule has 0 saturated carbocycles. The summed E-state index contributed by atoms with van der Waals surface area (Å²) in [5.74, 6) is 0.00820. The van der Waals surface area contributed by atoms with Crippen LogP contribution in [-0.2, 0) is 11.3 Å². The first-order chi connectivity index (χ1) is 8.97. The van der Waals surface area contributed by atoms with Crippen molar-refractivity contribution in [2.75, 3.05) is 7.05 Å². The minimum atomic E-state index is -0.709. The van der Waals surface area contributed by atoms with Gasteiger partial charge in [0.25, 0.3) is 0 Å². The van der Waals surface area contributed by atoms with Crippen LogP contribution in [0.3, 0.4) is 0 Å². The molecule has 3 nitrogen and oxygen atoms in total. The van der Waals surface area contributed by atoms with Crippen LogP contribution in [0.5, 0.6) is 0 Å². The third kappa shape index (κ3) is 3.32. The maximum atomic E-state index is 12.6. The molecule has 0 bridgehead atoms. The summed E-state index contributed by atoms with van der Waals surface area (Å²) in [6.07, 6.45) is 1.27. The predicted octanol–water partition coefficient (Wildman–Crippen LogP) is 2.74. The van der Waals surface area contributed by atoms with Gasteiger partial charge in [0.15, 0.2) is 0 Å². The van der Waals surface area contributed by atoms with Crippen molar-refractivity contribution in [2.24, 2.45) is 11.1 Å². The van der Waals surface area contributed by atoms with Gasteiger partial charge in [-0.25, -0.2) is 0 Å². The lowest BCUT2D eigenvalue weighted by Crippen LogP contribution is -2.48. The Bertz CT molecular complexity index is 441. The lowest BCUT2D eigenvalue weighted by atomic mass is 9.80. The minimum Gasteiger partial charge on any atom is -0.392 e. The number of nitrogens with two attached hydrogens (primary N) is 1. The van der Waals surface area contributed by atoms with Crippen LogP contribution in [0.2, 0.25) is 0 Å². The van der Waals surface area contributed by atoms with E-state index in [9.17, 15) is 4.79 Å². The van der Waals surface area contributed by atoms with E-state index in [0.29, 0.717) is 24.4 Å². The number of rotatable bonds is 6. The molecule has 1 amide bonds. The van der Waals surface area contributed by atoms with E-state index >= 15 is 0 Å². The van der Waals surface area contributed by atoms with Crippen LogP contribution in [0, 0.1) is 5.41 Å². The zero-order valence-electron chi connectivity index (χ0n) is 11.8. The molecule has 0 atom stereocenters. The second-order valence-corrected chi connectivity index (χ2v) is 5.24. The molecule has 4 heteroatoms. The molecule has 0 spiro atoms. The van der Waals surface area contributed by atoms with E-state index in [2.05, 4.69) is 0 Å². The predicted molar refractivity (Wildman–Crippen MR) is 82.7 cm³/mol. The summed E-state index contributed by atoms with van der Waals surface area (Å²) in [4.78, 5) is 14.6. The highest BCUT2D eigenvalue weighted by Crippen LogP contribution is 2.29. The van der Waals surface area contributed by atoms with E-state index in [1.807, 2.05) is 44.2 Å². The topological polar surface area (TPSA) is 46.3 Å². The Hall–Kier alpha value is -1.42. The summed E-state index contributed by atoms with van der Waals surface area (Å²) < 4.78 is 0. The van der Waals surface area contributed by atoms with Crippen molar-refractivity contribution in [3.05, 3.63) is 35.9 Å². The molecule has 0 radical (unpaired) electrons. The van der Waals surface area contributed by atoms with Crippen molar-refractivity contribution in [1.29, 1.82) is 0 Å². The monoisotopic (exact) mass is 278 g/mol. The summed E-state index contributed by atoms with van der Waals surface area (Å²) in [6.45, 7) is 4.48. The third-order valence-corrected chi connectivity index (χ3v) is 4.09. The van der Waals surface area contributed by atoms with Gasteiger partial charge in [-0.2, -0.15) is 0 Å². The molecule has 0 saturated heterocycles. The molecule has 1 aromatic carbocycles. The summed E-state index contributed by atoms with van der Waals surface area (Å²) >= 11 is 5.12. The lowest BCUT2D eigenvalue weighted by molar-refractivity contribution is -0.137. The van der Waals surface area contributed by atoms with Crippen molar-refractivity contribution in [2.45, 2.75) is 33.2 Å². The Labute approximate surface area is 120 Å². The number of benzene rings is 1. The average molecular weight is 278 g/mol. The number of carbonyl (C=O) groups excluding carboxylic acids is 1. The van der Waals surface area contributed by atoms with Crippen molar-refractivity contribution in [3.8, 4) is 0 Å². The molecule has 0 unspecified atom stereocenters. The number of nitrogens with zero attached hydrogens (tertiary/aromatic N) is 1. The van der Waals surface area contributed by atoms with Crippen LogP contribution in [0.15, 0.2) is 30.3 Å². The van der Waals surface area contributed by atoms with Gasteiger partial charge in [-0.15, -0.1) is 0 Å². The van der Waals surface area contributed by atoms with Gasteiger partial charge in [-0.1, -0.05) is 56.4 Å². The molecular weight excluding hydrogens is 256 g/mol. The van der Waals surface area contributed by atoms with Crippen molar-refractivity contribution >= 4 is 23.1 Å². The van der Waals surface area contributed by atoms with E-state index in [1.165, 1.54) is 0 Å². The van der Waals surface area contributed by atoms with E-state index in [0.717, 1.165) is 5.56 Å². The Morgan fingerprint density at radius 2 is 1.79 bits per heavy atom. The number of hydrogen-bond donors (Lipinski definition) is 1. The van der Waals surface area contributed by atoms with Gasteiger partial charge >= 0.3 is 0 Å². The average Bonchev–Trinajstić information content (AvgIpc) is 2.41. The van der Waals surface area contributed by atoms with Crippen molar-refractivity contribution in [1.82, 2.24) is 4.90 Å². The normalized spacial score (nSPS) is 11.1. The molecule has 1 aromatic rings. The van der Waals surface area contributed by atoms with Crippen LogP contribution < -0.4 is 5.73 Å². The van der Waals surface area contributed by atoms with Crippen molar-refractivity contribution < 1.29 is 4.79 Å². The van der Waals surface area contributed by atoms with Gasteiger partial charge in [0.2, 0.25) is 5.91 Å². The second kappa shape index (κ2) is 6.66. The molecule has 0 heterocycles. The number of hydrogen-bond acceptors (Lipinski definition) is 2. The Morgan fingerprint density at radius 1 is 1.26 bits per heavy atom. The first-order valence-electron chi connectivity index (χ1n) is 6.57. The summed E-state index contributed by atoms with van der Waals surface area (Å²) in [6, 6.07) is 9.90. The standard InChI is InChI=1S/C15H22N2OS/c1-4-15(5-2,13(16)19)14(18)17(3)11-12-9-7-6-8-10-12/h6-10H,4-5,11H2,1-3H3,(H2,16,19). The van der Waals surface area contributed by atoms with E-state index < -0.39 is 5.41 Å². The summed E-state index contributed by atoms with van der Waals surface area (Å²) in [7, 11) is 1.80. The minimum absolute atomic E-state index is 0.00820. The largest absolute Gasteiger partial charge is 0.392 e. The Balaban J connectivity index is 2.89. The fourth-order valence-electron chi connectivity index (χ4n) is 2.30. The van der Waals surface area contributed by atoms with Gasteiger partial charge in [-0.3, -0.25) is 4.79 Å². The first kappa shape index (κ1) is 15.6. The number of thiocarbonyl (C=S) groups is 1. The van der Waals surface area contributed by atoms with Crippen LogP contribution in [0.25, 0.3) is 0 Å². The zero-order chi connectivity index (χ0) is 14.5. The highest BCUT2D eigenvalue weighted by atomic mass is 32.1. The van der Waals surface area contributed by atoms with E-state index in [1.54, 1.807) is 11.9 Å². The Morgan fingerprint density at radius 3 is 2.21 bits per heavy atom. The fraction of sp³-hybridized carbons (Fsp3) is 0.467. The maximum Gasteiger partial charge on any atom is 0.235 e. The highest BCUT2D eigenvalue weighted by molar-refractivity contribution is 7.80. The molecular formula is C15H22N2OS. The maximum absolute atomic E-state index is 12.6. The molecule has 2 N–H and O–H groups in total. The van der Waals surface area contributed by atoms with Gasteiger partial charge in [0.05, 0.1) is 10.4 Å². The van der Waals surface area contributed by atoms with Crippen LogP contribution >= 0.6 is 12.2 Å². The highest BCUT2D eigenvalue weighted by Gasteiger charge is 2.39. The molecule has 19 heavy (non-hydrogen) atoms. The van der Waals surface area contributed by atoms with E-state index in [4.69, 9.17) is 18.0 Å². The van der Waals surface area contributed by atoms with Gasteiger partial charge < -0.3 is 10.6 Å². The molecule has 0 fully saturated rings. The molecule has 1 rings (SSSR count). The Kier molecular flexibility index (Phi) is 5.48. The quantitative estimate of drug-likeness (QED) is 0.814. The van der Waals surface area contributed by atoms with Crippen LogP contribution in [-0.4, -0.2) is 22.8 Å². The molecule has 0 aliphatic rings. The summed E-state index contributed by atoms with van der Waals surface area (Å²) in [5.41, 5.74) is 6.20. The molecule has 104 valence electrons. The smallest absolute Gasteiger partial charge is 0.235 e. The molecule has 0 aliphatic carbocycles. The zero-order valence-corrected chi connectivity index (χ0v) is 12.7. The fourth-order valence-corrected chi connectivity index (χ4v) is 2.68. The van der Waals surface area contributed by atoms with Gasteiger partial charge in [0, 0.05) is 13.6 Å². The number of amides is 1. The molecule has 0 aliphatic heterocycles.